The quantitative estimate of drug-likeness (QED) is 0.368. The molecule has 0 bridgehead atoms. The van der Waals surface area contributed by atoms with Gasteiger partial charge in [0.15, 0.2) is 11.5 Å². The van der Waals surface area contributed by atoms with Crippen molar-refractivity contribution in [3.63, 3.8) is 0 Å². The summed E-state index contributed by atoms with van der Waals surface area (Å²) in [6.07, 6.45) is 1.44. The zero-order valence-corrected chi connectivity index (χ0v) is 15.0. The minimum atomic E-state index is -0.736. The number of aromatic nitrogens is 3. The molecule has 2 aromatic rings. The number of hydrogen-bond donors (Lipinski definition) is 4. The minimum absolute atomic E-state index is 0.00868. The molecule has 144 valence electrons. The van der Waals surface area contributed by atoms with Gasteiger partial charge in [0.05, 0.1) is 26.0 Å². The number of carbonyl (C=O) groups excluding carboxylic acids is 1. The zero-order valence-electron chi connectivity index (χ0n) is 15.0. The predicted octanol–water partition coefficient (Wildman–Crippen LogP) is -0.184. The van der Waals surface area contributed by atoms with E-state index in [0.717, 1.165) is 0 Å². The number of nitrogens with zero attached hydrogens (tertiary/aromatic N) is 2. The van der Waals surface area contributed by atoms with Crippen LogP contribution in [0.5, 0.6) is 11.5 Å². The van der Waals surface area contributed by atoms with Crippen LogP contribution in [0.1, 0.15) is 19.4 Å². The maximum absolute atomic E-state index is 11.7. The van der Waals surface area contributed by atoms with E-state index in [1.54, 1.807) is 18.2 Å². The van der Waals surface area contributed by atoms with E-state index in [-0.39, 0.29) is 18.5 Å². The Morgan fingerprint density at radius 1 is 1.33 bits per heavy atom. The third kappa shape index (κ3) is 5.99. The molecule has 0 aliphatic carbocycles. The normalized spacial score (nSPS) is 10.8. The number of aromatic amines is 2. The molecule has 11 nitrogen and oxygen atoms in total. The van der Waals surface area contributed by atoms with Crippen LogP contribution in [0.2, 0.25) is 0 Å². The molecular formula is C16H20N6O5. The number of H-pyrrole nitrogens is 2. The number of anilines is 1. The Morgan fingerprint density at radius 3 is 2.78 bits per heavy atom. The fourth-order valence-electron chi connectivity index (χ4n) is 1.97. The van der Waals surface area contributed by atoms with Crippen molar-refractivity contribution in [2.75, 3.05) is 19.0 Å². The average molecular weight is 376 g/mol. The zero-order chi connectivity index (χ0) is 19.8. The molecule has 1 aromatic carbocycles. The highest BCUT2D eigenvalue weighted by Crippen LogP contribution is 2.28. The van der Waals surface area contributed by atoms with E-state index >= 15 is 0 Å². The lowest BCUT2D eigenvalue weighted by Crippen LogP contribution is -2.31. The summed E-state index contributed by atoms with van der Waals surface area (Å²) in [5.74, 6) is 0.463. The Kier molecular flexibility index (Phi) is 6.69. The Labute approximate surface area is 153 Å². The van der Waals surface area contributed by atoms with Crippen LogP contribution >= 0.6 is 0 Å². The van der Waals surface area contributed by atoms with E-state index in [2.05, 4.69) is 20.9 Å². The lowest BCUT2D eigenvalue weighted by Gasteiger charge is -2.13. The summed E-state index contributed by atoms with van der Waals surface area (Å²) in [5.41, 5.74) is 1.52. The summed E-state index contributed by atoms with van der Waals surface area (Å²) in [7, 11) is 1.53. The van der Waals surface area contributed by atoms with E-state index in [9.17, 15) is 14.4 Å². The number of rotatable bonds is 8. The molecular weight excluding hydrogens is 356 g/mol. The maximum Gasteiger partial charge on any atom is 0.342 e. The molecule has 2 rings (SSSR count). The van der Waals surface area contributed by atoms with E-state index in [4.69, 9.17) is 9.47 Å². The maximum atomic E-state index is 11.7. The first-order chi connectivity index (χ1) is 12.9. The summed E-state index contributed by atoms with van der Waals surface area (Å²) < 4.78 is 10.9. The molecule has 11 heteroatoms. The number of hydrazone groups is 1. The van der Waals surface area contributed by atoms with Crippen LogP contribution in [0.25, 0.3) is 0 Å². The number of carbonyl (C=O) groups is 1. The molecule has 1 heterocycles. The molecule has 4 N–H and O–H groups in total. The van der Waals surface area contributed by atoms with Crippen molar-refractivity contribution in [3.8, 4) is 11.5 Å². The van der Waals surface area contributed by atoms with Crippen LogP contribution < -0.4 is 31.5 Å². The number of nitrogens with one attached hydrogen (secondary N) is 4. The van der Waals surface area contributed by atoms with Crippen LogP contribution in [0.3, 0.4) is 0 Å². The lowest BCUT2D eigenvalue weighted by atomic mass is 10.2. The van der Waals surface area contributed by atoms with Crippen molar-refractivity contribution in [2.45, 2.75) is 20.0 Å². The first kappa shape index (κ1) is 19.7. The van der Waals surface area contributed by atoms with Gasteiger partial charge < -0.3 is 14.8 Å². The molecule has 0 unspecified atom stereocenters. The van der Waals surface area contributed by atoms with Gasteiger partial charge in [-0.2, -0.15) is 5.10 Å². The van der Waals surface area contributed by atoms with Crippen molar-refractivity contribution in [1.29, 1.82) is 0 Å². The Morgan fingerprint density at radius 2 is 2.11 bits per heavy atom. The highest BCUT2D eigenvalue weighted by atomic mass is 16.5. The predicted molar refractivity (Wildman–Crippen MR) is 98.5 cm³/mol. The number of amides is 1. The highest BCUT2D eigenvalue weighted by molar-refractivity contribution is 5.84. The molecule has 0 fully saturated rings. The van der Waals surface area contributed by atoms with Crippen molar-refractivity contribution < 1.29 is 14.3 Å². The third-order valence-corrected chi connectivity index (χ3v) is 3.08. The Hall–Kier alpha value is -3.63. The second-order valence-corrected chi connectivity index (χ2v) is 5.58. The number of ether oxygens (including phenoxy) is 2. The Balaban J connectivity index is 1.91. The second kappa shape index (κ2) is 9.17. The molecule has 1 amide bonds. The van der Waals surface area contributed by atoms with Crippen LogP contribution in [-0.2, 0) is 4.79 Å². The molecule has 0 spiro atoms. The molecule has 0 atom stereocenters. The summed E-state index contributed by atoms with van der Waals surface area (Å²) in [4.78, 5) is 36.0. The van der Waals surface area contributed by atoms with Gasteiger partial charge in [0.2, 0.25) is 5.82 Å². The molecule has 0 radical (unpaired) electrons. The molecule has 0 aliphatic rings. The van der Waals surface area contributed by atoms with Crippen LogP contribution in [0.15, 0.2) is 32.9 Å². The molecule has 0 aliphatic heterocycles. The summed E-state index contributed by atoms with van der Waals surface area (Å²) in [6.45, 7) is 3.56. The summed E-state index contributed by atoms with van der Waals surface area (Å²) in [6, 6.07) is 5.23. The van der Waals surface area contributed by atoms with Gasteiger partial charge in [-0.15, -0.1) is 5.10 Å². The fourth-order valence-corrected chi connectivity index (χ4v) is 1.97. The third-order valence-electron chi connectivity index (χ3n) is 3.08. The van der Waals surface area contributed by atoms with E-state index in [0.29, 0.717) is 17.1 Å². The Bertz CT molecular complexity index is 933. The second-order valence-electron chi connectivity index (χ2n) is 5.58. The van der Waals surface area contributed by atoms with E-state index < -0.39 is 17.2 Å². The molecule has 27 heavy (non-hydrogen) atoms. The number of hydrogen-bond acceptors (Lipinski definition) is 8. The van der Waals surface area contributed by atoms with Crippen molar-refractivity contribution in [2.24, 2.45) is 5.10 Å². The van der Waals surface area contributed by atoms with Gasteiger partial charge in [-0.05, 0) is 37.6 Å². The van der Waals surface area contributed by atoms with Gasteiger partial charge in [0, 0.05) is 0 Å². The first-order valence-corrected chi connectivity index (χ1v) is 7.98. The summed E-state index contributed by atoms with van der Waals surface area (Å²) >= 11 is 0. The fraction of sp³-hybridized carbons (Fsp3) is 0.312. The van der Waals surface area contributed by atoms with Crippen LogP contribution in [0.4, 0.5) is 5.82 Å². The average Bonchev–Trinajstić information content (AvgIpc) is 2.61. The van der Waals surface area contributed by atoms with Gasteiger partial charge >= 0.3 is 5.69 Å². The summed E-state index contributed by atoms with van der Waals surface area (Å²) in [5, 5.41) is 11.9. The SMILES string of the molecule is COc1cc(C=NNC(=O)CNc2n[nH]c(=O)[nH]c2=O)ccc1OC(C)C. The van der Waals surface area contributed by atoms with Gasteiger partial charge in [-0.25, -0.2) is 15.3 Å². The van der Waals surface area contributed by atoms with Gasteiger partial charge in [-0.3, -0.25) is 14.6 Å². The largest absolute Gasteiger partial charge is 0.493 e. The smallest absolute Gasteiger partial charge is 0.342 e. The standard InChI is InChI=1S/C16H20N6O5/c1-9(2)27-11-5-4-10(6-12(11)26-3)7-18-20-13(23)8-17-14-15(24)19-16(25)22-21-14/h4-7,9H,8H2,1-3H3,(H,17,21)(H,20,23)(H2,19,22,24,25). The first-order valence-electron chi connectivity index (χ1n) is 7.98. The monoisotopic (exact) mass is 376 g/mol. The lowest BCUT2D eigenvalue weighted by molar-refractivity contribution is -0.119. The van der Waals surface area contributed by atoms with Crippen molar-refractivity contribution in [1.82, 2.24) is 20.6 Å². The minimum Gasteiger partial charge on any atom is -0.493 e. The van der Waals surface area contributed by atoms with Crippen molar-refractivity contribution in [3.05, 3.63) is 44.6 Å². The van der Waals surface area contributed by atoms with Crippen molar-refractivity contribution >= 4 is 17.9 Å². The van der Waals surface area contributed by atoms with E-state index in [1.807, 2.05) is 23.9 Å². The number of methoxy groups -OCH3 is 1. The molecule has 0 saturated carbocycles. The molecule has 1 aromatic heterocycles. The van der Waals surface area contributed by atoms with Gasteiger partial charge in [0.25, 0.3) is 11.5 Å². The van der Waals surface area contributed by atoms with Crippen LogP contribution in [-0.4, -0.2) is 47.1 Å². The van der Waals surface area contributed by atoms with Gasteiger partial charge in [-0.1, -0.05) is 0 Å². The van der Waals surface area contributed by atoms with Crippen LogP contribution in [0, 0.1) is 0 Å². The van der Waals surface area contributed by atoms with Gasteiger partial charge in [0.1, 0.15) is 0 Å². The number of benzene rings is 1. The molecule has 0 saturated heterocycles. The topological polar surface area (TPSA) is 151 Å². The van der Waals surface area contributed by atoms with E-state index in [1.165, 1.54) is 13.3 Å². The highest BCUT2D eigenvalue weighted by Gasteiger charge is 2.07.